The molecule has 0 fully saturated rings. The second-order valence-electron chi connectivity index (χ2n) is 3.65. The van der Waals surface area contributed by atoms with E-state index in [1.54, 1.807) is 11.8 Å². The van der Waals surface area contributed by atoms with Gasteiger partial charge in [0.05, 0.1) is 12.2 Å². The monoisotopic (exact) mass is 264 g/mol. The number of hydrogen-bond acceptors (Lipinski definition) is 5. The average Bonchev–Trinajstić information content (AvgIpc) is 2.86. The summed E-state index contributed by atoms with van der Waals surface area (Å²) in [6.45, 7) is 4.68. The molecule has 0 aliphatic rings. The lowest BCUT2D eigenvalue weighted by molar-refractivity contribution is 0.340. The maximum Gasteiger partial charge on any atom is 0.276 e. The van der Waals surface area contributed by atoms with Gasteiger partial charge in [-0.05, 0) is 25.5 Å². The second-order valence-corrected chi connectivity index (χ2v) is 4.70. The largest absolute Gasteiger partial charge is 0.493 e. The number of ether oxygens (including phenoxy) is 1. The fourth-order valence-electron chi connectivity index (χ4n) is 1.49. The number of benzene rings is 1. The molecule has 0 N–H and O–H groups in total. The lowest BCUT2D eigenvalue weighted by atomic mass is 10.2. The van der Waals surface area contributed by atoms with Crippen molar-refractivity contribution in [2.75, 3.05) is 12.4 Å². The maximum absolute atomic E-state index is 5.62. The van der Waals surface area contributed by atoms with Crippen LogP contribution in [0.25, 0.3) is 11.5 Å². The van der Waals surface area contributed by atoms with E-state index in [1.165, 1.54) is 0 Å². The second kappa shape index (κ2) is 6.44. The summed E-state index contributed by atoms with van der Waals surface area (Å²) in [5.74, 6) is 2.27. The number of rotatable bonds is 6. The predicted octanol–water partition coefficient (Wildman–Crippen LogP) is 3.64. The highest BCUT2D eigenvalue weighted by molar-refractivity contribution is 7.99. The number of thioether (sulfide) groups is 1. The fourth-order valence-corrected chi connectivity index (χ4v) is 2.11. The minimum Gasteiger partial charge on any atom is -0.493 e. The Morgan fingerprint density at radius 2 is 2.06 bits per heavy atom. The topological polar surface area (TPSA) is 48.2 Å². The Kier molecular flexibility index (Phi) is 4.64. The van der Waals surface area contributed by atoms with Crippen molar-refractivity contribution in [1.82, 2.24) is 10.2 Å². The first-order valence-electron chi connectivity index (χ1n) is 6.03. The molecule has 1 aromatic carbocycles. The average molecular weight is 264 g/mol. The predicted molar refractivity (Wildman–Crippen MR) is 71.9 cm³/mol. The molecular formula is C13H16N2O2S. The van der Waals surface area contributed by atoms with Crippen LogP contribution in [0.5, 0.6) is 5.75 Å². The minimum absolute atomic E-state index is 0.512. The van der Waals surface area contributed by atoms with E-state index in [0.717, 1.165) is 23.5 Å². The molecule has 2 rings (SSSR count). The molecule has 0 atom stereocenters. The quantitative estimate of drug-likeness (QED) is 0.745. The van der Waals surface area contributed by atoms with Crippen LogP contribution in [0.3, 0.4) is 0 Å². The summed E-state index contributed by atoms with van der Waals surface area (Å²) in [5, 5.41) is 8.70. The first-order valence-corrected chi connectivity index (χ1v) is 7.02. The van der Waals surface area contributed by atoms with Crippen molar-refractivity contribution in [3.05, 3.63) is 24.3 Å². The first kappa shape index (κ1) is 13.0. The Hall–Kier alpha value is -1.49. The molecule has 5 heteroatoms. The van der Waals surface area contributed by atoms with E-state index in [-0.39, 0.29) is 0 Å². The van der Waals surface area contributed by atoms with Gasteiger partial charge in [-0.15, -0.1) is 10.2 Å². The third-order valence-electron chi connectivity index (χ3n) is 2.25. The molecule has 0 aliphatic carbocycles. The van der Waals surface area contributed by atoms with Crippen LogP contribution in [0.15, 0.2) is 33.9 Å². The third-order valence-corrected chi connectivity index (χ3v) is 3.28. The van der Waals surface area contributed by atoms with Gasteiger partial charge in [0.15, 0.2) is 0 Å². The van der Waals surface area contributed by atoms with Crippen LogP contribution in [-0.4, -0.2) is 22.6 Å². The zero-order valence-electron chi connectivity index (χ0n) is 10.5. The van der Waals surface area contributed by atoms with Crippen molar-refractivity contribution in [3.8, 4) is 17.2 Å². The third kappa shape index (κ3) is 3.04. The van der Waals surface area contributed by atoms with Crippen molar-refractivity contribution in [2.45, 2.75) is 25.5 Å². The van der Waals surface area contributed by atoms with E-state index in [4.69, 9.17) is 9.15 Å². The van der Waals surface area contributed by atoms with E-state index in [1.807, 2.05) is 31.2 Å². The summed E-state index contributed by atoms with van der Waals surface area (Å²) in [6.07, 6.45) is 1.08. The number of aromatic nitrogens is 2. The van der Waals surface area contributed by atoms with Crippen molar-refractivity contribution in [3.63, 3.8) is 0 Å². The highest BCUT2D eigenvalue weighted by atomic mass is 32.2. The zero-order valence-corrected chi connectivity index (χ0v) is 11.4. The molecule has 0 saturated carbocycles. The van der Waals surface area contributed by atoms with Gasteiger partial charge in [0.25, 0.3) is 11.1 Å². The molecule has 1 heterocycles. The van der Waals surface area contributed by atoms with Crippen LogP contribution < -0.4 is 4.74 Å². The molecule has 0 amide bonds. The van der Waals surface area contributed by atoms with E-state index in [0.29, 0.717) is 17.7 Å². The van der Waals surface area contributed by atoms with Crippen LogP contribution in [0.2, 0.25) is 0 Å². The van der Waals surface area contributed by atoms with Crippen LogP contribution in [0.1, 0.15) is 20.3 Å². The summed E-state index contributed by atoms with van der Waals surface area (Å²) in [6, 6.07) is 7.69. The molecular weight excluding hydrogens is 248 g/mol. The molecule has 1 aromatic heterocycles. The first-order chi connectivity index (χ1) is 8.85. The van der Waals surface area contributed by atoms with Gasteiger partial charge in [-0.2, -0.15) is 0 Å². The Labute approximate surface area is 111 Å². The standard InChI is InChI=1S/C13H16N2O2S/c1-3-9-18-13-15-14-12(17-13)10-7-5-6-8-11(10)16-4-2/h5-8H,3-4,9H2,1-2H3. The van der Waals surface area contributed by atoms with E-state index in [9.17, 15) is 0 Å². The Bertz CT molecular complexity index is 499. The highest BCUT2D eigenvalue weighted by Gasteiger charge is 2.13. The van der Waals surface area contributed by atoms with Gasteiger partial charge in [-0.3, -0.25) is 0 Å². The van der Waals surface area contributed by atoms with Crippen LogP contribution in [0, 0.1) is 0 Å². The highest BCUT2D eigenvalue weighted by Crippen LogP contribution is 2.30. The zero-order chi connectivity index (χ0) is 12.8. The van der Waals surface area contributed by atoms with Crippen molar-refractivity contribution >= 4 is 11.8 Å². The smallest absolute Gasteiger partial charge is 0.276 e. The van der Waals surface area contributed by atoms with Gasteiger partial charge in [0, 0.05) is 5.75 Å². The molecule has 0 bridgehead atoms. The van der Waals surface area contributed by atoms with E-state index in [2.05, 4.69) is 17.1 Å². The molecule has 0 aliphatic heterocycles. The summed E-state index contributed by atoms with van der Waals surface area (Å²) in [4.78, 5) is 0. The summed E-state index contributed by atoms with van der Waals surface area (Å²) in [7, 11) is 0. The summed E-state index contributed by atoms with van der Waals surface area (Å²) >= 11 is 1.57. The van der Waals surface area contributed by atoms with Crippen molar-refractivity contribution in [2.24, 2.45) is 0 Å². The molecule has 96 valence electrons. The van der Waals surface area contributed by atoms with Crippen molar-refractivity contribution < 1.29 is 9.15 Å². The Balaban J connectivity index is 2.22. The minimum atomic E-state index is 0.512. The van der Waals surface area contributed by atoms with E-state index < -0.39 is 0 Å². The summed E-state index contributed by atoms with van der Waals surface area (Å²) < 4.78 is 11.2. The maximum atomic E-state index is 5.62. The van der Waals surface area contributed by atoms with Gasteiger partial charge in [-0.25, -0.2) is 0 Å². The van der Waals surface area contributed by atoms with Gasteiger partial charge >= 0.3 is 0 Å². The van der Waals surface area contributed by atoms with Crippen LogP contribution in [-0.2, 0) is 0 Å². The van der Waals surface area contributed by atoms with Gasteiger partial charge in [0.1, 0.15) is 5.75 Å². The Morgan fingerprint density at radius 1 is 1.22 bits per heavy atom. The number of nitrogens with zero attached hydrogens (tertiary/aromatic N) is 2. The molecule has 4 nitrogen and oxygen atoms in total. The van der Waals surface area contributed by atoms with Gasteiger partial charge in [-0.1, -0.05) is 30.8 Å². The summed E-state index contributed by atoms with van der Waals surface area (Å²) in [5.41, 5.74) is 0.843. The van der Waals surface area contributed by atoms with Gasteiger partial charge in [0.2, 0.25) is 0 Å². The lowest BCUT2D eigenvalue weighted by Crippen LogP contribution is -1.93. The fraction of sp³-hybridized carbons (Fsp3) is 0.385. The van der Waals surface area contributed by atoms with Crippen LogP contribution in [0.4, 0.5) is 0 Å². The molecule has 18 heavy (non-hydrogen) atoms. The molecule has 0 unspecified atom stereocenters. The molecule has 2 aromatic rings. The SMILES string of the molecule is CCCSc1nnc(-c2ccccc2OCC)o1. The number of para-hydroxylation sites is 1. The number of hydrogen-bond donors (Lipinski definition) is 0. The molecule has 0 spiro atoms. The van der Waals surface area contributed by atoms with Gasteiger partial charge < -0.3 is 9.15 Å². The molecule has 0 radical (unpaired) electrons. The normalized spacial score (nSPS) is 10.6. The Morgan fingerprint density at radius 3 is 2.83 bits per heavy atom. The molecule has 0 saturated heterocycles. The lowest BCUT2D eigenvalue weighted by Gasteiger charge is -2.05. The van der Waals surface area contributed by atoms with Crippen molar-refractivity contribution in [1.29, 1.82) is 0 Å². The van der Waals surface area contributed by atoms with E-state index >= 15 is 0 Å². The van der Waals surface area contributed by atoms with Crippen LogP contribution >= 0.6 is 11.8 Å².